The van der Waals surface area contributed by atoms with Crippen LogP contribution in [0.5, 0.6) is 0 Å². The Balaban J connectivity index is 0. The van der Waals surface area contributed by atoms with Crippen molar-refractivity contribution in [2.45, 2.75) is 33.3 Å². The van der Waals surface area contributed by atoms with Gasteiger partial charge in [-0.1, -0.05) is 0 Å². The molecule has 0 radical (unpaired) electrons. The van der Waals surface area contributed by atoms with E-state index in [0.717, 1.165) is 0 Å². The topological polar surface area (TPSA) is 82.1 Å². The Bertz CT molecular complexity index is 186. The molecule has 6 nitrogen and oxygen atoms in total. The number of carbonyl (C=O) groups is 2. The summed E-state index contributed by atoms with van der Waals surface area (Å²) >= 11 is 0. The first-order valence-electron chi connectivity index (χ1n) is 5.46. The summed E-state index contributed by atoms with van der Waals surface area (Å²) in [6, 6.07) is 0. The van der Waals surface area contributed by atoms with Crippen LogP contribution in [0.3, 0.4) is 0 Å². The Morgan fingerprint density at radius 3 is 1.71 bits per heavy atom. The van der Waals surface area contributed by atoms with E-state index in [1.165, 1.54) is 0 Å². The van der Waals surface area contributed by atoms with Gasteiger partial charge in [-0.2, -0.15) is 0 Å². The van der Waals surface area contributed by atoms with Crippen molar-refractivity contribution < 1.29 is 28.9 Å². The average molecular weight is 250 g/mol. The van der Waals surface area contributed by atoms with E-state index in [1.807, 2.05) is 0 Å². The van der Waals surface area contributed by atoms with Crippen LogP contribution in [0.25, 0.3) is 0 Å². The smallest absolute Gasteiger partial charge is 0.317 e. The fourth-order valence-electron chi connectivity index (χ4n) is 0.783. The Hall–Kier alpha value is -1.14. The molecule has 0 heterocycles. The molecule has 0 aromatic carbocycles. The van der Waals surface area contributed by atoms with Gasteiger partial charge in [0.15, 0.2) is 0 Å². The number of methoxy groups -OCH3 is 1. The second-order valence-corrected chi connectivity index (χ2v) is 3.09. The van der Waals surface area contributed by atoms with Gasteiger partial charge in [0.25, 0.3) is 0 Å². The Morgan fingerprint density at radius 2 is 1.53 bits per heavy atom. The summed E-state index contributed by atoms with van der Waals surface area (Å²) in [7, 11) is 1.56. The molecule has 0 saturated carbocycles. The Kier molecular flexibility index (Phi) is 13.9. The fourth-order valence-corrected chi connectivity index (χ4v) is 0.783. The molecule has 0 aliphatic carbocycles. The summed E-state index contributed by atoms with van der Waals surface area (Å²) in [5.74, 6) is -1.07. The van der Waals surface area contributed by atoms with E-state index in [-0.39, 0.29) is 25.7 Å². The lowest BCUT2D eigenvalue weighted by Crippen LogP contribution is -2.13. The van der Waals surface area contributed by atoms with E-state index in [4.69, 9.17) is 5.11 Å². The van der Waals surface area contributed by atoms with Gasteiger partial charge < -0.3 is 19.3 Å². The van der Waals surface area contributed by atoms with Crippen molar-refractivity contribution in [1.82, 2.24) is 0 Å². The molecule has 0 bridgehead atoms. The van der Waals surface area contributed by atoms with Crippen molar-refractivity contribution >= 4 is 11.9 Å². The molecule has 0 rings (SSSR count). The molecule has 102 valence electrons. The van der Waals surface area contributed by atoms with Crippen molar-refractivity contribution in [2.75, 3.05) is 26.9 Å². The zero-order chi connectivity index (χ0) is 13.7. The van der Waals surface area contributed by atoms with E-state index in [1.54, 1.807) is 27.9 Å². The molecule has 1 atom stereocenters. The van der Waals surface area contributed by atoms with Crippen LogP contribution in [-0.4, -0.2) is 50.1 Å². The minimum atomic E-state index is -0.536. The number of ether oxygens (including phenoxy) is 3. The summed E-state index contributed by atoms with van der Waals surface area (Å²) < 4.78 is 13.6. The molecule has 0 aromatic heterocycles. The number of carbonyl (C=O) groups excluding carboxylic acids is 2. The van der Waals surface area contributed by atoms with Gasteiger partial charge in [0.2, 0.25) is 0 Å². The first-order chi connectivity index (χ1) is 7.97. The van der Waals surface area contributed by atoms with E-state index < -0.39 is 11.9 Å². The van der Waals surface area contributed by atoms with Crippen LogP contribution in [0.1, 0.15) is 27.2 Å². The van der Waals surface area contributed by atoms with Crippen LogP contribution in [0.2, 0.25) is 0 Å². The zero-order valence-corrected chi connectivity index (χ0v) is 10.9. The van der Waals surface area contributed by atoms with E-state index in [0.29, 0.717) is 6.61 Å². The van der Waals surface area contributed by atoms with Crippen molar-refractivity contribution in [3.8, 4) is 0 Å². The van der Waals surface area contributed by atoms with E-state index in [2.05, 4.69) is 14.2 Å². The molecule has 17 heavy (non-hydrogen) atoms. The van der Waals surface area contributed by atoms with Gasteiger partial charge >= 0.3 is 11.9 Å². The van der Waals surface area contributed by atoms with Gasteiger partial charge in [-0.25, -0.2) is 0 Å². The largest absolute Gasteiger partial charge is 0.466 e. The minimum Gasteiger partial charge on any atom is -0.466 e. The van der Waals surface area contributed by atoms with Crippen LogP contribution in [0, 0.1) is 0 Å². The maximum Gasteiger partial charge on any atom is 0.317 e. The highest BCUT2D eigenvalue weighted by atomic mass is 16.6. The quantitative estimate of drug-likeness (QED) is 0.546. The third kappa shape index (κ3) is 17.5. The van der Waals surface area contributed by atoms with Gasteiger partial charge in [-0.05, 0) is 20.8 Å². The predicted molar refractivity (Wildman–Crippen MR) is 61.4 cm³/mol. The normalized spacial score (nSPS) is 10.9. The monoisotopic (exact) mass is 250 g/mol. The molecule has 0 amide bonds. The number of esters is 2. The second kappa shape index (κ2) is 12.9. The maximum absolute atomic E-state index is 10.6. The first-order valence-corrected chi connectivity index (χ1v) is 5.46. The Labute approximate surface area is 102 Å². The second-order valence-electron chi connectivity index (χ2n) is 3.09. The highest BCUT2D eigenvalue weighted by Gasteiger charge is 2.09. The molecular formula is C11H22O6. The van der Waals surface area contributed by atoms with Crippen LogP contribution < -0.4 is 0 Å². The number of hydrogen-bond acceptors (Lipinski definition) is 6. The molecule has 0 aliphatic heterocycles. The van der Waals surface area contributed by atoms with Crippen molar-refractivity contribution in [3.05, 3.63) is 0 Å². The van der Waals surface area contributed by atoms with Crippen LogP contribution in [-0.2, 0) is 23.8 Å². The first kappa shape index (κ1) is 18.2. The minimum absolute atomic E-state index is 0.290. The van der Waals surface area contributed by atoms with Crippen molar-refractivity contribution in [2.24, 2.45) is 0 Å². The number of hydrogen-bond donors (Lipinski definition) is 1. The third-order valence-corrected chi connectivity index (χ3v) is 1.31. The van der Waals surface area contributed by atoms with Gasteiger partial charge in [-0.15, -0.1) is 0 Å². The van der Waals surface area contributed by atoms with Crippen molar-refractivity contribution in [1.29, 1.82) is 0 Å². The average Bonchev–Trinajstić information content (AvgIpc) is 2.18. The summed E-state index contributed by atoms with van der Waals surface area (Å²) in [6.45, 7) is 6.06. The number of rotatable bonds is 6. The molecule has 0 spiro atoms. The predicted octanol–water partition coefficient (Wildman–Crippen LogP) is 0.516. The molecule has 0 fully saturated rings. The fraction of sp³-hybridized carbons (Fsp3) is 0.818. The lowest BCUT2D eigenvalue weighted by molar-refractivity contribution is -0.153. The summed E-state index contributed by atoms with van der Waals surface area (Å²) in [6.07, 6.45) is -0.614. The highest BCUT2D eigenvalue weighted by Crippen LogP contribution is 1.89. The molecule has 0 aromatic rings. The van der Waals surface area contributed by atoms with E-state index in [9.17, 15) is 9.59 Å². The molecule has 0 saturated heterocycles. The van der Waals surface area contributed by atoms with Crippen LogP contribution >= 0.6 is 0 Å². The molecule has 6 heteroatoms. The highest BCUT2D eigenvalue weighted by molar-refractivity contribution is 5.91. The summed E-state index contributed by atoms with van der Waals surface area (Å²) in [5, 5.41) is 8.43. The van der Waals surface area contributed by atoms with E-state index >= 15 is 0 Å². The summed E-state index contributed by atoms with van der Waals surface area (Å²) in [5.41, 5.74) is 0. The van der Waals surface area contributed by atoms with Crippen LogP contribution in [0.15, 0.2) is 0 Å². The molecule has 0 aliphatic rings. The van der Waals surface area contributed by atoms with Crippen molar-refractivity contribution in [3.63, 3.8) is 0 Å². The van der Waals surface area contributed by atoms with Gasteiger partial charge in [0.05, 0.1) is 25.9 Å². The maximum atomic E-state index is 10.6. The molecule has 1 unspecified atom stereocenters. The molecule has 1 N–H and O–H groups in total. The van der Waals surface area contributed by atoms with Gasteiger partial charge in [0.1, 0.15) is 6.42 Å². The Morgan fingerprint density at radius 1 is 1.12 bits per heavy atom. The number of aliphatic hydroxyl groups excluding tert-OH is 1. The third-order valence-electron chi connectivity index (χ3n) is 1.31. The lowest BCUT2D eigenvalue weighted by Gasteiger charge is -2.00. The molecular weight excluding hydrogens is 228 g/mol. The number of aliphatic hydroxyl groups is 1. The van der Waals surface area contributed by atoms with Gasteiger partial charge in [0, 0.05) is 7.11 Å². The lowest BCUT2D eigenvalue weighted by atomic mass is 10.4. The van der Waals surface area contributed by atoms with Crippen LogP contribution in [0.4, 0.5) is 0 Å². The zero-order valence-electron chi connectivity index (χ0n) is 10.9. The standard InChI is InChI=1S/C7H12O4.C4H10O2/c1-3-10-6(8)5-7(9)11-4-2;1-4(5)3-6-2/h3-5H2,1-2H3;4-5H,3H2,1-2H3. The SMILES string of the molecule is CCOC(=O)CC(=O)OCC.COCC(C)O. The van der Waals surface area contributed by atoms with Gasteiger partial charge in [-0.3, -0.25) is 9.59 Å². The summed E-state index contributed by atoms with van der Waals surface area (Å²) in [4.78, 5) is 21.2.